The predicted molar refractivity (Wildman–Crippen MR) is 104 cm³/mol. The number of hydrogen-bond donors (Lipinski definition) is 2. The van der Waals surface area contributed by atoms with Crippen LogP contribution in [0.4, 0.5) is 0 Å². The zero-order valence-corrected chi connectivity index (χ0v) is 14.9. The quantitative estimate of drug-likeness (QED) is 0.664. The average molecular weight is 360 g/mol. The number of carbonyl (C=O) groups excluding carboxylic acids is 2. The summed E-state index contributed by atoms with van der Waals surface area (Å²) in [6.45, 7) is 1.67. The molecule has 6 heteroatoms. The number of nitrogens with zero attached hydrogens (tertiary/aromatic N) is 2. The highest BCUT2D eigenvalue weighted by molar-refractivity contribution is 6.00. The fourth-order valence-electron chi connectivity index (χ4n) is 2.51. The van der Waals surface area contributed by atoms with E-state index in [1.165, 1.54) is 6.92 Å². The Morgan fingerprint density at radius 1 is 1.04 bits per heavy atom. The highest BCUT2D eigenvalue weighted by Crippen LogP contribution is 2.08. The second-order valence-electron chi connectivity index (χ2n) is 5.96. The number of para-hydroxylation sites is 1. The van der Waals surface area contributed by atoms with Crippen molar-refractivity contribution in [3.8, 4) is 5.69 Å². The first-order valence-electron chi connectivity index (χ1n) is 8.53. The Labute approximate surface area is 157 Å². The largest absolute Gasteiger partial charge is 0.347 e. The molecule has 6 nitrogen and oxygen atoms in total. The van der Waals surface area contributed by atoms with E-state index in [1.54, 1.807) is 17.0 Å². The van der Waals surface area contributed by atoms with E-state index in [2.05, 4.69) is 15.7 Å². The summed E-state index contributed by atoms with van der Waals surface area (Å²) in [6, 6.07) is 19.1. The van der Waals surface area contributed by atoms with Crippen molar-refractivity contribution in [3.05, 3.63) is 89.9 Å². The summed E-state index contributed by atoms with van der Waals surface area (Å²) in [5, 5.41) is 9.71. The lowest BCUT2D eigenvalue weighted by Crippen LogP contribution is -2.33. The molecule has 0 saturated heterocycles. The molecule has 0 saturated carbocycles. The molecule has 2 aromatic carbocycles. The minimum absolute atomic E-state index is 0.198. The first-order valence-corrected chi connectivity index (χ1v) is 8.53. The third-order valence-electron chi connectivity index (χ3n) is 3.78. The predicted octanol–water partition coefficient (Wildman–Crippen LogP) is 2.67. The number of aromatic nitrogens is 2. The van der Waals surface area contributed by atoms with Crippen molar-refractivity contribution < 1.29 is 9.59 Å². The molecule has 0 fully saturated rings. The summed E-state index contributed by atoms with van der Waals surface area (Å²) < 4.78 is 1.75. The van der Waals surface area contributed by atoms with Gasteiger partial charge in [-0.05, 0) is 23.8 Å². The highest BCUT2D eigenvalue weighted by atomic mass is 16.2. The molecule has 1 aromatic heterocycles. The van der Waals surface area contributed by atoms with Gasteiger partial charge in [-0.15, -0.1) is 0 Å². The van der Waals surface area contributed by atoms with E-state index >= 15 is 0 Å². The van der Waals surface area contributed by atoms with Gasteiger partial charge < -0.3 is 10.6 Å². The van der Waals surface area contributed by atoms with Gasteiger partial charge in [0.1, 0.15) is 5.70 Å². The first-order chi connectivity index (χ1) is 13.1. The van der Waals surface area contributed by atoms with Gasteiger partial charge in [-0.2, -0.15) is 5.10 Å². The third kappa shape index (κ3) is 5.15. The fraction of sp³-hybridized carbons (Fsp3) is 0.0952. The Balaban J connectivity index is 1.68. The smallest absolute Gasteiger partial charge is 0.268 e. The van der Waals surface area contributed by atoms with Crippen LogP contribution in [-0.4, -0.2) is 21.6 Å². The summed E-state index contributed by atoms with van der Waals surface area (Å²) in [5.74, 6) is -0.661. The van der Waals surface area contributed by atoms with Crippen LogP contribution in [0, 0.1) is 0 Å². The number of hydrogen-bond acceptors (Lipinski definition) is 3. The molecule has 1 heterocycles. The normalized spacial score (nSPS) is 11.1. The molecule has 2 N–H and O–H groups in total. The van der Waals surface area contributed by atoms with Crippen LogP contribution in [0.15, 0.2) is 78.8 Å². The molecule has 0 aliphatic carbocycles. The van der Waals surface area contributed by atoms with Crippen LogP contribution in [0.3, 0.4) is 0 Å². The van der Waals surface area contributed by atoms with Gasteiger partial charge in [0.05, 0.1) is 11.9 Å². The van der Waals surface area contributed by atoms with Gasteiger partial charge in [0.15, 0.2) is 0 Å². The van der Waals surface area contributed by atoms with Crippen LogP contribution in [0.25, 0.3) is 11.8 Å². The van der Waals surface area contributed by atoms with Crippen molar-refractivity contribution in [2.45, 2.75) is 13.5 Å². The van der Waals surface area contributed by atoms with Crippen LogP contribution >= 0.6 is 0 Å². The Bertz CT molecular complexity index is 947. The number of nitrogens with one attached hydrogen (secondary N) is 2. The monoisotopic (exact) mass is 360 g/mol. The summed E-state index contributed by atoms with van der Waals surface area (Å²) in [4.78, 5) is 23.9. The molecule has 0 bridgehead atoms. The minimum Gasteiger partial charge on any atom is -0.347 e. The summed E-state index contributed by atoms with van der Waals surface area (Å²) in [5.41, 5.74) is 2.82. The molecule has 0 spiro atoms. The van der Waals surface area contributed by atoms with Crippen molar-refractivity contribution in [1.29, 1.82) is 0 Å². The maximum atomic E-state index is 12.5. The molecular weight excluding hydrogens is 340 g/mol. The number of benzene rings is 2. The van der Waals surface area contributed by atoms with Crippen LogP contribution < -0.4 is 10.6 Å². The van der Waals surface area contributed by atoms with Gasteiger partial charge in [-0.25, -0.2) is 4.68 Å². The van der Waals surface area contributed by atoms with Crippen molar-refractivity contribution >= 4 is 17.9 Å². The SMILES string of the molecule is CC(=O)N/C(=C\c1ccccc1)C(=O)NCc1cnn(-c2ccccc2)c1. The number of amides is 2. The van der Waals surface area contributed by atoms with E-state index in [0.29, 0.717) is 6.54 Å². The molecule has 2 amide bonds. The molecule has 27 heavy (non-hydrogen) atoms. The van der Waals surface area contributed by atoms with Gasteiger partial charge in [0, 0.05) is 25.2 Å². The lowest BCUT2D eigenvalue weighted by atomic mass is 10.2. The van der Waals surface area contributed by atoms with E-state index in [9.17, 15) is 9.59 Å². The van der Waals surface area contributed by atoms with Crippen LogP contribution in [0.1, 0.15) is 18.1 Å². The van der Waals surface area contributed by atoms with Gasteiger partial charge in [-0.3, -0.25) is 9.59 Å². The standard InChI is InChI=1S/C21H20N4O2/c1-16(26)24-20(12-17-8-4-2-5-9-17)21(27)22-13-18-14-23-25(15-18)19-10-6-3-7-11-19/h2-12,14-15H,13H2,1H3,(H,22,27)(H,24,26)/b20-12-. The second kappa shape index (κ2) is 8.62. The van der Waals surface area contributed by atoms with Crippen LogP contribution in [-0.2, 0) is 16.1 Å². The number of carbonyl (C=O) groups is 2. The van der Waals surface area contributed by atoms with E-state index in [0.717, 1.165) is 16.8 Å². The Kier molecular flexibility index (Phi) is 5.79. The second-order valence-corrected chi connectivity index (χ2v) is 5.96. The maximum Gasteiger partial charge on any atom is 0.268 e. The van der Waals surface area contributed by atoms with Crippen molar-refractivity contribution in [1.82, 2.24) is 20.4 Å². The minimum atomic E-state index is -0.360. The average Bonchev–Trinajstić information content (AvgIpc) is 3.16. The number of rotatable bonds is 6. The van der Waals surface area contributed by atoms with Crippen molar-refractivity contribution in [2.75, 3.05) is 0 Å². The Morgan fingerprint density at radius 3 is 2.37 bits per heavy atom. The van der Waals surface area contributed by atoms with Gasteiger partial charge in [0.2, 0.25) is 5.91 Å². The Morgan fingerprint density at radius 2 is 1.70 bits per heavy atom. The topological polar surface area (TPSA) is 76.0 Å². The molecule has 3 rings (SSSR count). The Hall–Kier alpha value is -3.67. The van der Waals surface area contributed by atoms with E-state index < -0.39 is 0 Å². The zero-order valence-electron chi connectivity index (χ0n) is 14.9. The molecule has 3 aromatic rings. The van der Waals surface area contributed by atoms with Crippen molar-refractivity contribution in [3.63, 3.8) is 0 Å². The van der Waals surface area contributed by atoms with Crippen molar-refractivity contribution in [2.24, 2.45) is 0 Å². The fourth-order valence-corrected chi connectivity index (χ4v) is 2.51. The van der Waals surface area contributed by atoms with E-state index in [4.69, 9.17) is 0 Å². The third-order valence-corrected chi connectivity index (χ3v) is 3.78. The molecule has 136 valence electrons. The maximum absolute atomic E-state index is 12.5. The highest BCUT2D eigenvalue weighted by Gasteiger charge is 2.11. The lowest BCUT2D eigenvalue weighted by molar-refractivity contribution is -0.122. The molecular formula is C21H20N4O2. The van der Waals surface area contributed by atoms with Gasteiger partial charge in [0.25, 0.3) is 5.91 Å². The molecule has 0 unspecified atom stereocenters. The van der Waals surface area contributed by atoms with Gasteiger partial charge >= 0.3 is 0 Å². The molecule has 0 atom stereocenters. The molecule has 0 aliphatic rings. The first kappa shape index (κ1) is 18.1. The van der Waals surface area contributed by atoms with Crippen LogP contribution in [0.2, 0.25) is 0 Å². The van der Waals surface area contributed by atoms with E-state index in [1.807, 2.05) is 66.9 Å². The zero-order chi connectivity index (χ0) is 19.1. The van der Waals surface area contributed by atoms with E-state index in [-0.39, 0.29) is 17.5 Å². The molecule has 0 radical (unpaired) electrons. The summed E-state index contributed by atoms with van der Waals surface area (Å²) >= 11 is 0. The van der Waals surface area contributed by atoms with Crippen LogP contribution in [0.5, 0.6) is 0 Å². The lowest BCUT2D eigenvalue weighted by Gasteiger charge is -2.09. The molecule has 0 aliphatic heterocycles. The van der Waals surface area contributed by atoms with Gasteiger partial charge in [-0.1, -0.05) is 48.5 Å². The summed E-state index contributed by atoms with van der Waals surface area (Å²) in [6.07, 6.45) is 5.20. The summed E-state index contributed by atoms with van der Waals surface area (Å²) in [7, 11) is 0.